The fourth-order valence-electron chi connectivity index (χ4n) is 3.32. The molecular formula is C19H24F2N4O. The lowest BCUT2D eigenvalue weighted by Crippen LogP contribution is -2.47. The van der Waals surface area contributed by atoms with Gasteiger partial charge in [0, 0.05) is 37.8 Å². The van der Waals surface area contributed by atoms with Crippen LogP contribution in [0.25, 0.3) is 5.69 Å². The van der Waals surface area contributed by atoms with Gasteiger partial charge in [0.2, 0.25) is 5.91 Å². The molecule has 0 saturated carbocycles. The zero-order valence-corrected chi connectivity index (χ0v) is 14.9. The molecule has 3 rings (SSSR count). The summed E-state index contributed by atoms with van der Waals surface area (Å²) in [5.41, 5.74) is 1.04. The fraction of sp³-hybridized carbons (Fsp3) is 0.474. The Morgan fingerprint density at radius 1 is 1.35 bits per heavy atom. The summed E-state index contributed by atoms with van der Waals surface area (Å²) in [6.07, 6.45) is 5.09. The van der Waals surface area contributed by atoms with E-state index in [1.165, 1.54) is 16.8 Å². The predicted octanol–water partition coefficient (Wildman–Crippen LogP) is 3.03. The summed E-state index contributed by atoms with van der Waals surface area (Å²) in [6.45, 7) is 4.36. The molecule has 26 heavy (non-hydrogen) atoms. The van der Waals surface area contributed by atoms with Crippen molar-refractivity contribution < 1.29 is 13.6 Å². The summed E-state index contributed by atoms with van der Waals surface area (Å²) in [5, 5.41) is 7.49. The minimum absolute atomic E-state index is 0.107. The van der Waals surface area contributed by atoms with Gasteiger partial charge in [-0.1, -0.05) is 6.92 Å². The van der Waals surface area contributed by atoms with Crippen LogP contribution in [0, 0.1) is 11.6 Å². The molecule has 1 saturated heterocycles. The predicted molar refractivity (Wildman–Crippen MR) is 94.8 cm³/mol. The van der Waals surface area contributed by atoms with Crippen molar-refractivity contribution in [2.45, 2.75) is 45.2 Å². The maximum Gasteiger partial charge on any atom is 0.220 e. The van der Waals surface area contributed by atoms with E-state index in [0.29, 0.717) is 13.0 Å². The van der Waals surface area contributed by atoms with Crippen molar-refractivity contribution in [2.75, 3.05) is 13.1 Å². The van der Waals surface area contributed by atoms with Crippen LogP contribution in [0.3, 0.4) is 0 Å². The number of likely N-dealkylation sites (tertiary alicyclic amines) is 1. The van der Waals surface area contributed by atoms with Gasteiger partial charge in [0.05, 0.1) is 5.69 Å². The SMILES string of the molecule is CCCC(=O)NC1CCCN(Cc2ccn(-c3ccc(F)cc3F)n2)C1. The topological polar surface area (TPSA) is 50.2 Å². The molecule has 2 heterocycles. The van der Waals surface area contributed by atoms with Crippen LogP contribution in [-0.4, -0.2) is 39.7 Å². The lowest BCUT2D eigenvalue weighted by molar-refractivity contribution is -0.122. The van der Waals surface area contributed by atoms with E-state index in [1.807, 2.05) is 13.0 Å². The van der Waals surface area contributed by atoms with Crippen molar-refractivity contribution in [3.05, 3.63) is 47.8 Å². The standard InChI is InChI=1S/C19H24F2N4O/c1-2-4-19(26)22-15-5-3-9-24(12-15)13-16-8-10-25(23-16)18-7-6-14(20)11-17(18)21/h6-8,10-11,15H,2-5,9,12-13H2,1H3,(H,22,26). The van der Waals surface area contributed by atoms with Crippen LogP contribution >= 0.6 is 0 Å². The molecule has 0 radical (unpaired) electrons. The van der Waals surface area contributed by atoms with E-state index in [1.54, 1.807) is 6.20 Å². The van der Waals surface area contributed by atoms with Gasteiger partial charge in [-0.3, -0.25) is 9.69 Å². The summed E-state index contributed by atoms with van der Waals surface area (Å²) >= 11 is 0. The number of nitrogens with one attached hydrogen (secondary N) is 1. The molecule has 1 atom stereocenters. The quantitative estimate of drug-likeness (QED) is 0.859. The van der Waals surface area contributed by atoms with Crippen LogP contribution in [0.4, 0.5) is 8.78 Å². The number of hydrogen-bond donors (Lipinski definition) is 1. The minimum atomic E-state index is -0.642. The highest BCUT2D eigenvalue weighted by atomic mass is 19.1. The van der Waals surface area contributed by atoms with Crippen LogP contribution in [0.5, 0.6) is 0 Å². The molecule has 1 aliphatic rings. The molecule has 1 aromatic carbocycles. The van der Waals surface area contributed by atoms with Crippen molar-refractivity contribution in [3.8, 4) is 5.69 Å². The van der Waals surface area contributed by atoms with Gasteiger partial charge in [-0.2, -0.15) is 5.10 Å². The maximum absolute atomic E-state index is 13.9. The first-order valence-corrected chi connectivity index (χ1v) is 9.07. The Morgan fingerprint density at radius 2 is 2.19 bits per heavy atom. The van der Waals surface area contributed by atoms with Gasteiger partial charge in [0.1, 0.15) is 11.5 Å². The number of carbonyl (C=O) groups is 1. The van der Waals surface area contributed by atoms with Gasteiger partial charge in [-0.05, 0) is 44.0 Å². The summed E-state index contributed by atoms with van der Waals surface area (Å²) in [6, 6.07) is 5.45. The Hall–Kier alpha value is -2.28. The van der Waals surface area contributed by atoms with E-state index in [2.05, 4.69) is 15.3 Å². The molecule has 1 N–H and O–H groups in total. The molecular weight excluding hydrogens is 338 g/mol. The molecule has 0 aliphatic carbocycles. The Balaban J connectivity index is 1.61. The minimum Gasteiger partial charge on any atom is -0.352 e. The van der Waals surface area contributed by atoms with E-state index in [4.69, 9.17) is 0 Å². The first-order valence-electron chi connectivity index (χ1n) is 9.07. The number of nitrogens with zero attached hydrogens (tertiary/aromatic N) is 3. The number of piperidine rings is 1. The molecule has 1 amide bonds. The summed E-state index contributed by atoms with van der Waals surface area (Å²) < 4.78 is 28.4. The van der Waals surface area contributed by atoms with Gasteiger partial charge in [0.15, 0.2) is 5.82 Å². The van der Waals surface area contributed by atoms with E-state index in [-0.39, 0.29) is 17.6 Å². The second-order valence-corrected chi connectivity index (χ2v) is 6.74. The van der Waals surface area contributed by atoms with Gasteiger partial charge in [-0.15, -0.1) is 0 Å². The van der Waals surface area contributed by atoms with Crippen molar-refractivity contribution in [1.82, 2.24) is 20.0 Å². The average molecular weight is 362 g/mol. The van der Waals surface area contributed by atoms with E-state index in [9.17, 15) is 13.6 Å². The highest BCUT2D eigenvalue weighted by molar-refractivity contribution is 5.76. The number of aromatic nitrogens is 2. The third-order valence-corrected chi connectivity index (χ3v) is 4.53. The number of amides is 1. The van der Waals surface area contributed by atoms with Crippen molar-refractivity contribution in [3.63, 3.8) is 0 Å². The number of rotatable bonds is 6. The summed E-state index contributed by atoms with van der Waals surface area (Å²) in [4.78, 5) is 14.0. The molecule has 1 fully saturated rings. The smallest absolute Gasteiger partial charge is 0.220 e. The van der Waals surface area contributed by atoms with Crippen molar-refractivity contribution in [2.24, 2.45) is 0 Å². The third-order valence-electron chi connectivity index (χ3n) is 4.53. The molecule has 2 aromatic rings. The first kappa shape index (κ1) is 18.5. The average Bonchev–Trinajstić information content (AvgIpc) is 3.03. The van der Waals surface area contributed by atoms with Gasteiger partial charge in [-0.25, -0.2) is 13.5 Å². The van der Waals surface area contributed by atoms with Crippen LogP contribution < -0.4 is 5.32 Å². The molecule has 7 heteroatoms. The molecule has 1 unspecified atom stereocenters. The summed E-state index contributed by atoms with van der Waals surface area (Å²) in [7, 11) is 0. The molecule has 140 valence electrons. The largest absolute Gasteiger partial charge is 0.352 e. The molecule has 0 bridgehead atoms. The molecule has 5 nitrogen and oxygen atoms in total. The zero-order valence-electron chi connectivity index (χ0n) is 14.9. The van der Waals surface area contributed by atoms with Crippen LogP contribution in [0.1, 0.15) is 38.3 Å². The van der Waals surface area contributed by atoms with Crippen LogP contribution in [0.15, 0.2) is 30.5 Å². The third kappa shape index (κ3) is 4.66. The number of benzene rings is 1. The van der Waals surface area contributed by atoms with Crippen molar-refractivity contribution >= 4 is 5.91 Å². The second-order valence-electron chi connectivity index (χ2n) is 6.74. The second kappa shape index (κ2) is 8.40. The highest BCUT2D eigenvalue weighted by Crippen LogP contribution is 2.17. The van der Waals surface area contributed by atoms with Crippen molar-refractivity contribution in [1.29, 1.82) is 0 Å². The number of hydrogen-bond acceptors (Lipinski definition) is 3. The molecule has 1 aromatic heterocycles. The molecule has 1 aliphatic heterocycles. The van der Waals surface area contributed by atoms with Gasteiger partial charge < -0.3 is 5.32 Å². The Labute approximate surface area is 152 Å². The van der Waals surface area contributed by atoms with Gasteiger partial charge in [0.25, 0.3) is 0 Å². The van der Waals surface area contributed by atoms with E-state index in [0.717, 1.165) is 44.1 Å². The zero-order chi connectivity index (χ0) is 18.5. The Morgan fingerprint density at radius 3 is 2.96 bits per heavy atom. The fourth-order valence-corrected chi connectivity index (χ4v) is 3.32. The van der Waals surface area contributed by atoms with Crippen LogP contribution in [0.2, 0.25) is 0 Å². The monoisotopic (exact) mass is 362 g/mol. The summed E-state index contributed by atoms with van der Waals surface area (Å²) in [5.74, 6) is -1.14. The lowest BCUT2D eigenvalue weighted by atomic mass is 10.1. The number of carbonyl (C=O) groups excluding carboxylic acids is 1. The lowest BCUT2D eigenvalue weighted by Gasteiger charge is -2.32. The normalized spacial score (nSPS) is 18.0. The Bertz CT molecular complexity index is 762. The first-order chi connectivity index (χ1) is 12.5. The number of halogens is 2. The van der Waals surface area contributed by atoms with E-state index < -0.39 is 11.6 Å². The maximum atomic E-state index is 13.9. The van der Waals surface area contributed by atoms with E-state index >= 15 is 0 Å². The van der Waals surface area contributed by atoms with Gasteiger partial charge >= 0.3 is 0 Å². The highest BCUT2D eigenvalue weighted by Gasteiger charge is 2.22. The molecule has 0 spiro atoms. The Kier molecular flexibility index (Phi) is 5.98. The van der Waals surface area contributed by atoms with Crippen LogP contribution in [-0.2, 0) is 11.3 Å².